The molecule has 0 bridgehead atoms. The third kappa shape index (κ3) is 5.31. The van der Waals surface area contributed by atoms with Gasteiger partial charge in [-0.1, -0.05) is 36.4 Å². The molecule has 0 unspecified atom stereocenters. The van der Waals surface area contributed by atoms with Crippen molar-refractivity contribution >= 4 is 22.3 Å². The van der Waals surface area contributed by atoms with Crippen molar-refractivity contribution in [1.29, 1.82) is 0 Å². The summed E-state index contributed by atoms with van der Waals surface area (Å²) in [5, 5.41) is 6.20. The second-order valence-electron chi connectivity index (χ2n) is 9.58. The minimum absolute atomic E-state index is 0.558. The minimum Gasteiger partial charge on any atom is -0.381 e. The van der Waals surface area contributed by atoms with E-state index in [0.29, 0.717) is 5.92 Å². The fraction of sp³-hybridized carbons (Fsp3) is 0.464. The van der Waals surface area contributed by atoms with Gasteiger partial charge in [-0.15, -0.1) is 0 Å². The van der Waals surface area contributed by atoms with Gasteiger partial charge in [-0.25, -0.2) is 4.68 Å². The van der Waals surface area contributed by atoms with Gasteiger partial charge in [-0.3, -0.25) is 9.98 Å². The van der Waals surface area contributed by atoms with Crippen LogP contribution in [-0.2, 0) is 15.9 Å². The number of aromatic nitrogens is 3. The number of rotatable bonds is 6. The molecule has 2 saturated heterocycles. The first-order valence-electron chi connectivity index (χ1n) is 12.6. The molecule has 2 aliphatic rings. The van der Waals surface area contributed by atoms with Crippen LogP contribution in [0.2, 0.25) is 0 Å². The number of nitrogens with zero attached hydrogens (tertiary/aromatic N) is 5. The lowest BCUT2D eigenvalue weighted by atomic mass is 9.95. The zero-order valence-electron chi connectivity index (χ0n) is 20.9. The molecule has 3 aromatic rings. The maximum atomic E-state index is 5.55. The molecular formula is C28H35N5O2. The first-order chi connectivity index (χ1) is 17.1. The molecule has 0 N–H and O–H groups in total. The number of morpholine rings is 1. The van der Waals surface area contributed by atoms with Crippen molar-refractivity contribution in [2.24, 2.45) is 10.9 Å². The van der Waals surface area contributed by atoms with Crippen LogP contribution < -0.4 is 10.4 Å². The van der Waals surface area contributed by atoms with Gasteiger partial charge in [0.05, 0.1) is 30.8 Å². The lowest BCUT2D eigenvalue weighted by Gasteiger charge is -2.29. The number of fused-ring (bicyclic) bond motifs is 1. The van der Waals surface area contributed by atoms with Crippen LogP contribution in [0.1, 0.15) is 36.1 Å². The predicted molar refractivity (Wildman–Crippen MR) is 140 cm³/mol. The Balaban J connectivity index is 1.59. The number of hydrogen-bond acceptors (Lipinski definition) is 6. The first-order valence-corrected chi connectivity index (χ1v) is 12.6. The summed E-state index contributed by atoms with van der Waals surface area (Å²) in [4.78, 5) is 11.9. The van der Waals surface area contributed by atoms with Crippen molar-refractivity contribution in [1.82, 2.24) is 14.8 Å². The Hall–Kier alpha value is -3.03. The van der Waals surface area contributed by atoms with Crippen LogP contribution in [0.5, 0.6) is 0 Å². The Kier molecular flexibility index (Phi) is 7.25. The molecule has 2 aliphatic heterocycles. The molecule has 0 saturated carbocycles. The van der Waals surface area contributed by atoms with E-state index in [9.17, 15) is 0 Å². The normalized spacial score (nSPS) is 17.8. The average Bonchev–Trinajstić information content (AvgIpc) is 2.90. The van der Waals surface area contributed by atoms with E-state index in [2.05, 4.69) is 53.7 Å². The van der Waals surface area contributed by atoms with Crippen molar-refractivity contribution in [3.05, 3.63) is 65.4 Å². The van der Waals surface area contributed by atoms with Gasteiger partial charge in [0.15, 0.2) is 5.49 Å². The highest BCUT2D eigenvalue weighted by Crippen LogP contribution is 2.26. The van der Waals surface area contributed by atoms with Gasteiger partial charge in [0.1, 0.15) is 5.52 Å². The van der Waals surface area contributed by atoms with Gasteiger partial charge in [-0.2, -0.15) is 5.10 Å². The summed E-state index contributed by atoms with van der Waals surface area (Å²) < 4.78 is 13.0. The Morgan fingerprint density at radius 3 is 2.51 bits per heavy atom. The average molecular weight is 474 g/mol. The van der Waals surface area contributed by atoms with Crippen molar-refractivity contribution < 1.29 is 9.47 Å². The summed E-state index contributed by atoms with van der Waals surface area (Å²) in [6.07, 6.45) is 5.68. The van der Waals surface area contributed by atoms with Gasteiger partial charge in [0, 0.05) is 50.9 Å². The van der Waals surface area contributed by atoms with Crippen LogP contribution in [0.15, 0.2) is 48.1 Å². The van der Waals surface area contributed by atoms with Gasteiger partial charge in [-0.05, 0) is 43.7 Å². The van der Waals surface area contributed by atoms with Crippen LogP contribution in [-0.4, -0.2) is 61.3 Å². The van der Waals surface area contributed by atoms with E-state index in [1.807, 2.05) is 17.9 Å². The number of hydrogen-bond donors (Lipinski definition) is 0. The lowest BCUT2D eigenvalue weighted by Crippen LogP contribution is -2.36. The molecule has 0 radical (unpaired) electrons. The van der Waals surface area contributed by atoms with E-state index in [1.54, 1.807) is 0 Å². The Morgan fingerprint density at radius 1 is 1.09 bits per heavy atom. The highest BCUT2D eigenvalue weighted by atomic mass is 16.5. The molecule has 4 heterocycles. The molecule has 0 amide bonds. The van der Waals surface area contributed by atoms with E-state index in [0.717, 1.165) is 98.7 Å². The van der Waals surface area contributed by atoms with Gasteiger partial charge < -0.3 is 14.4 Å². The third-order valence-corrected chi connectivity index (χ3v) is 7.06. The molecule has 0 aliphatic carbocycles. The molecular weight excluding hydrogens is 438 g/mol. The number of ether oxygens (including phenoxy) is 2. The van der Waals surface area contributed by atoms with Crippen LogP contribution in [0, 0.1) is 12.8 Å². The maximum Gasteiger partial charge on any atom is 0.175 e. The van der Waals surface area contributed by atoms with Crippen LogP contribution in [0.25, 0.3) is 16.6 Å². The van der Waals surface area contributed by atoms with E-state index in [1.165, 1.54) is 11.1 Å². The molecule has 2 aromatic heterocycles. The summed E-state index contributed by atoms with van der Waals surface area (Å²) in [6.45, 7) is 11.4. The number of benzene rings is 1. The largest absolute Gasteiger partial charge is 0.381 e. The van der Waals surface area contributed by atoms with Gasteiger partial charge >= 0.3 is 0 Å². The molecule has 7 nitrogen and oxygen atoms in total. The summed E-state index contributed by atoms with van der Waals surface area (Å²) in [7, 11) is 1.81. The Labute approximate surface area is 207 Å². The van der Waals surface area contributed by atoms with Crippen molar-refractivity contribution in [3.63, 3.8) is 0 Å². The molecule has 0 atom stereocenters. The molecule has 184 valence electrons. The predicted octanol–water partition coefficient (Wildman–Crippen LogP) is 3.99. The van der Waals surface area contributed by atoms with E-state index >= 15 is 0 Å². The molecule has 35 heavy (non-hydrogen) atoms. The summed E-state index contributed by atoms with van der Waals surface area (Å²) in [5.41, 5.74) is 7.17. The van der Waals surface area contributed by atoms with Crippen molar-refractivity contribution in [2.75, 3.05) is 51.5 Å². The van der Waals surface area contributed by atoms with Crippen LogP contribution in [0.4, 0.5) is 5.69 Å². The molecule has 5 rings (SSSR count). The number of pyridine rings is 1. The number of aryl methyl sites for hydroxylation is 1. The first kappa shape index (κ1) is 23.7. The topological polar surface area (TPSA) is 64.8 Å². The van der Waals surface area contributed by atoms with Crippen LogP contribution >= 0.6 is 0 Å². The monoisotopic (exact) mass is 473 g/mol. The number of anilines is 1. The summed E-state index contributed by atoms with van der Waals surface area (Å²) in [6, 6.07) is 10.9. The standard InChI is InChI=1S/C28H35N5O2/c1-20-4-6-22(7-5-20)17-26-25-18-24(32-10-14-35-15-11-32)19-30-27(25)28(29-3)33(31-26)21(2)16-23-8-12-34-13-9-23/h4-7,18-19,23H,2,8-17H2,1,3H3. The second kappa shape index (κ2) is 10.7. The Morgan fingerprint density at radius 2 is 1.80 bits per heavy atom. The second-order valence-corrected chi connectivity index (χ2v) is 9.58. The molecule has 7 heteroatoms. The zero-order chi connectivity index (χ0) is 24.2. The molecule has 1 aromatic carbocycles. The third-order valence-electron chi connectivity index (χ3n) is 7.06. The summed E-state index contributed by atoms with van der Waals surface area (Å²) >= 11 is 0. The van der Waals surface area contributed by atoms with E-state index in [-0.39, 0.29) is 0 Å². The minimum atomic E-state index is 0.558. The SMILES string of the molecule is C=C(CC1CCOCC1)n1nc(Cc2ccc(C)cc2)c2cc(N3CCOCC3)cnc2c1=NC. The quantitative estimate of drug-likeness (QED) is 0.542. The highest BCUT2D eigenvalue weighted by molar-refractivity contribution is 5.84. The maximum absolute atomic E-state index is 5.55. The van der Waals surface area contributed by atoms with Crippen molar-refractivity contribution in [2.45, 2.75) is 32.6 Å². The van der Waals surface area contributed by atoms with E-state index in [4.69, 9.17) is 19.6 Å². The summed E-state index contributed by atoms with van der Waals surface area (Å²) in [5.74, 6) is 0.558. The smallest absolute Gasteiger partial charge is 0.175 e. The van der Waals surface area contributed by atoms with Crippen molar-refractivity contribution in [3.8, 4) is 0 Å². The van der Waals surface area contributed by atoms with Gasteiger partial charge in [0.25, 0.3) is 0 Å². The fourth-order valence-electron chi connectivity index (χ4n) is 4.99. The van der Waals surface area contributed by atoms with E-state index < -0.39 is 0 Å². The van der Waals surface area contributed by atoms with Crippen LogP contribution in [0.3, 0.4) is 0 Å². The zero-order valence-corrected chi connectivity index (χ0v) is 20.9. The Bertz CT molecular complexity index is 1250. The van der Waals surface area contributed by atoms with Gasteiger partial charge in [0.2, 0.25) is 0 Å². The molecule has 2 fully saturated rings. The fourth-order valence-corrected chi connectivity index (χ4v) is 4.99. The lowest BCUT2D eigenvalue weighted by molar-refractivity contribution is 0.0675. The highest BCUT2D eigenvalue weighted by Gasteiger charge is 2.20. The molecule has 0 spiro atoms. The number of allylic oxidation sites excluding steroid dienone is 1.